The number of morpholine rings is 1. The predicted molar refractivity (Wildman–Crippen MR) is 107 cm³/mol. The highest BCUT2D eigenvalue weighted by atomic mass is 35.5. The first kappa shape index (κ1) is 18.2. The van der Waals surface area contributed by atoms with Crippen LogP contribution >= 0.6 is 22.9 Å². The molecular weight excluding hydrogens is 382 g/mol. The van der Waals surface area contributed by atoms with E-state index in [4.69, 9.17) is 21.3 Å². The van der Waals surface area contributed by atoms with Crippen molar-refractivity contribution in [1.82, 2.24) is 4.98 Å². The van der Waals surface area contributed by atoms with E-state index in [1.807, 2.05) is 23.6 Å². The van der Waals surface area contributed by atoms with Crippen molar-refractivity contribution in [2.45, 2.75) is 18.6 Å². The standard InChI is InChI=1S/C20H18ClN3O2S/c21-14-3-4-17-16(9-14)13(11-22)8-20(23-17)24-5-6-26-12-15(24)10-18(25)19-2-1-7-27-19/h1-4,7-9,15,18,25H,5-6,10,12H2. The molecule has 7 heteroatoms. The monoisotopic (exact) mass is 399 g/mol. The third-order valence-corrected chi connectivity index (χ3v) is 5.98. The molecule has 2 atom stereocenters. The smallest absolute Gasteiger partial charge is 0.130 e. The van der Waals surface area contributed by atoms with Crippen LogP contribution in [0.3, 0.4) is 0 Å². The van der Waals surface area contributed by atoms with Crippen molar-refractivity contribution in [1.29, 1.82) is 5.26 Å². The summed E-state index contributed by atoms with van der Waals surface area (Å²) in [6.07, 6.45) is -0.00293. The molecule has 0 amide bonds. The molecule has 0 spiro atoms. The minimum absolute atomic E-state index is 0.0142. The summed E-state index contributed by atoms with van der Waals surface area (Å²) < 4.78 is 5.65. The maximum atomic E-state index is 10.6. The molecule has 1 aliphatic rings. The Balaban J connectivity index is 1.67. The van der Waals surface area contributed by atoms with Gasteiger partial charge in [0.2, 0.25) is 0 Å². The lowest BCUT2D eigenvalue weighted by Crippen LogP contribution is -2.46. The van der Waals surface area contributed by atoms with Crippen molar-refractivity contribution in [2.24, 2.45) is 0 Å². The summed E-state index contributed by atoms with van der Waals surface area (Å²) in [5.41, 5.74) is 1.28. The number of hydrogen-bond donors (Lipinski definition) is 1. The first-order valence-corrected chi connectivity index (χ1v) is 9.97. The number of ether oxygens (including phenoxy) is 1. The van der Waals surface area contributed by atoms with E-state index in [9.17, 15) is 10.4 Å². The van der Waals surface area contributed by atoms with Gasteiger partial charge in [0.25, 0.3) is 0 Å². The Bertz CT molecular complexity index is 987. The fraction of sp³-hybridized carbons (Fsp3) is 0.300. The van der Waals surface area contributed by atoms with Crippen LogP contribution in [-0.2, 0) is 4.74 Å². The van der Waals surface area contributed by atoms with Gasteiger partial charge >= 0.3 is 0 Å². The predicted octanol–water partition coefficient (Wildman–Crippen LogP) is 4.15. The molecule has 3 heterocycles. The van der Waals surface area contributed by atoms with Crippen LogP contribution in [0.4, 0.5) is 5.82 Å². The Morgan fingerprint density at radius 3 is 3.07 bits per heavy atom. The molecule has 0 saturated carbocycles. The van der Waals surface area contributed by atoms with Gasteiger partial charge in [0.05, 0.1) is 42.5 Å². The molecule has 2 unspecified atom stereocenters. The quantitative estimate of drug-likeness (QED) is 0.713. The van der Waals surface area contributed by atoms with Crippen molar-refractivity contribution in [3.8, 4) is 6.07 Å². The summed E-state index contributed by atoms with van der Waals surface area (Å²) in [6.45, 7) is 1.78. The topological polar surface area (TPSA) is 69.4 Å². The minimum atomic E-state index is -0.547. The van der Waals surface area contributed by atoms with Gasteiger partial charge in [-0.1, -0.05) is 17.7 Å². The molecule has 0 aliphatic carbocycles. The van der Waals surface area contributed by atoms with Gasteiger partial charge in [-0.15, -0.1) is 11.3 Å². The van der Waals surface area contributed by atoms with Crippen LogP contribution < -0.4 is 4.90 Å². The summed E-state index contributed by atoms with van der Waals surface area (Å²) in [4.78, 5) is 7.83. The molecule has 0 radical (unpaired) electrons. The number of benzene rings is 1. The number of aromatic nitrogens is 1. The fourth-order valence-electron chi connectivity index (χ4n) is 3.43. The van der Waals surface area contributed by atoms with Gasteiger partial charge in [-0.25, -0.2) is 4.98 Å². The number of rotatable bonds is 4. The third-order valence-electron chi connectivity index (χ3n) is 4.77. The zero-order valence-corrected chi connectivity index (χ0v) is 16.1. The van der Waals surface area contributed by atoms with E-state index in [0.717, 1.165) is 21.6 Å². The van der Waals surface area contributed by atoms with E-state index >= 15 is 0 Å². The van der Waals surface area contributed by atoms with Crippen molar-refractivity contribution in [3.63, 3.8) is 0 Å². The van der Waals surface area contributed by atoms with Gasteiger partial charge in [0.1, 0.15) is 5.82 Å². The van der Waals surface area contributed by atoms with Gasteiger partial charge < -0.3 is 14.7 Å². The Morgan fingerprint density at radius 1 is 1.41 bits per heavy atom. The Kier molecular flexibility index (Phi) is 5.28. The largest absolute Gasteiger partial charge is 0.387 e. The SMILES string of the molecule is N#Cc1cc(N2CCOCC2CC(O)c2cccs2)nc2ccc(Cl)cc12. The number of aliphatic hydroxyl groups is 1. The highest BCUT2D eigenvalue weighted by Gasteiger charge is 2.28. The Hall–Kier alpha value is -2.17. The van der Waals surface area contributed by atoms with Crippen LogP contribution in [0.25, 0.3) is 10.9 Å². The molecule has 1 fully saturated rings. The number of hydrogen-bond acceptors (Lipinski definition) is 6. The van der Waals surface area contributed by atoms with Crippen molar-refractivity contribution >= 4 is 39.7 Å². The third kappa shape index (κ3) is 3.78. The lowest BCUT2D eigenvalue weighted by Gasteiger charge is -2.37. The minimum Gasteiger partial charge on any atom is -0.387 e. The number of anilines is 1. The van der Waals surface area contributed by atoms with E-state index in [1.165, 1.54) is 0 Å². The van der Waals surface area contributed by atoms with Gasteiger partial charge in [-0.05, 0) is 35.7 Å². The fourth-order valence-corrected chi connectivity index (χ4v) is 4.33. The maximum absolute atomic E-state index is 10.6. The van der Waals surface area contributed by atoms with Gasteiger partial charge in [-0.3, -0.25) is 0 Å². The molecular formula is C20H18ClN3O2S. The summed E-state index contributed by atoms with van der Waals surface area (Å²) in [5.74, 6) is 0.730. The van der Waals surface area contributed by atoms with Crippen molar-refractivity contribution in [2.75, 3.05) is 24.7 Å². The highest BCUT2D eigenvalue weighted by Crippen LogP contribution is 2.30. The molecule has 0 bridgehead atoms. The molecule has 1 aromatic carbocycles. The summed E-state index contributed by atoms with van der Waals surface area (Å²) in [5, 5.41) is 23.4. The number of aliphatic hydroxyl groups excluding tert-OH is 1. The second kappa shape index (κ2) is 7.83. The second-order valence-corrected chi connectivity index (χ2v) is 7.91. The molecule has 3 aromatic rings. The molecule has 1 N–H and O–H groups in total. The highest BCUT2D eigenvalue weighted by molar-refractivity contribution is 7.10. The van der Waals surface area contributed by atoms with Crippen LogP contribution in [0.15, 0.2) is 41.8 Å². The first-order valence-electron chi connectivity index (χ1n) is 8.72. The summed E-state index contributed by atoms with van der Waals surface area (Å²) >= 11 is 7.62. The molecule has 5 nitrogen and oxygen atoms in total. The molecule has 27 heavy (non-hydrogen) atoms. The van der Waals surface area contributed by atoms with E-state index in [-0.39, 0.29) is 6.04 Å². The Labute approximate surface area is 166 Å². The first-order chi connectivity index (χ1) is 13.2. The van der Waals surface area contributed by atoms with Crippen LogP contribution in [0.2, 0.25) is 5.02 Å². The number of pyridine rings is 1. The van der Waals surface area contributed by atoms with Crippen LogP contribution in [0, 0.1) is 11.3 Å². The molecule has 1 saturated heterocycles. The average molecular weight is 400 g/mol. The van der Waals surface area contributed by atoms with Crippen molar-refractivity contribution < 1.29 is 9.84 Å². The Morgan fingerprint density at radius 2 is 2.30 bits per heavy atom. The van der Waals surface area contributed by atoms with Crippen molar-refractivity contribution in [3.05, 3.63) is 57.2 Å². The van der Waals surface area contributed by atoms with Gasteiger partial charge in [0, 0.05) is 28.3 Å². The molecule has 4 rings (SSSR count). The number of thiophene rings is 1. The molecule has 138 valence electrons. The second-order valence-electron chi connectivity index (χ2n) is 6.49. The normalized spacial score (nSPS) is 18.4. The van der Waals surface area contributed by atoms with Crippen LogP contribution in [0.1, 0.15) is 23.0 Å². The van der Waals surface area contributed by atoms with E-state index in [1.54, 1.807) is 29.5 Å². The lowest BCUT2D eigenvalue weighted by atomic mass is 10.0. The van der Waals surface area contributed by atoms with E-state index < -0.39 is 6.10 Å². The van der Waals surface area contributed by atoms with Gasteiger partial charge in [0.15, 0.2) is 0 Å². The summed E-state index contributed by atoms with van der Waals surface area (Å²) in [6, 6.07) is 13.3. The lowest BCUT2D eigenvalue weighted by molar-refractivity contribution is 0.0685. The number of fused-ring (bicyclic) bond motifs is 1. The number of halogens is 1. The molecule has 2 aromatic heterocycles. The maximum Gasteiger partial charge on any atom is 0.130 e. The van der Waals surface area contributed by atoms with E-state index in [2.05, 4.69) is 11.0 Å². The number of nitriles is 1. The molecule has 1 aliphatic heterocycles. The van der Waals surface area contributed by atoms with Gasteiger partial charge in [-0.2, -0.15) is 5.26 Å². The van der Waals surface area contributed by atoms with Crippen LogP contribution in [0.5, 0.6) is 0 Å². The van der Waals surface area contributed by atoms with E-state index in [0.29, 0.717) is 36.8 Å². The zero-order valence-electron chi connectivity index (χ0n) is 14.5. The average Bonchev–Trinajstić information content (AvgIpc) is 3.22. The van der Waals surface area contributed by atoms with Crippen LogP contribution in [-0.4, -0.2) is 35.9 Å². The zero-order chi connectivity index (χ0) is 18.8. The number of nitrogens with zero attached hydrogens (tertiary/aromatic N) is 3. The summed E-state index contributed by atoms with van der Waals surface area (Å²) in [7, 11) is 0.